The van der Waals surface area contributed by atoms with E-state index in [2.05, 4.69) is 35.0 Å². The number of phenols is 1. The molecule has 0 spiro atoms. The number of hydrogen-bond acceptors (Lipinski definition) is 8. The van der Waals surface area contributed by atoms with Crippen molar-refractivity contribution in [1.82, 2.24) is 19.0 Å². The molecule has 1 aliphatic rings. The minimum absolute atomic E-state index is 0.0324. The standard InChI is InChI=1S/C25H20BrN5O3S2/c26-17-7-4-15(5-8-17)13-27-23(33)12-22-24(34)31(14-16-6-9-20-21(10-16)30-36-29-20)25(35-22)28-18-2-1-3-19(32)11-18/h1-11,22,32H,12-14H2,(H,27,33). The van der Waals surface area contributed by atoms with Crippen molar-refractivity contribution in [2.24, 2.45) is 4.99 Å². The van der Waals surface area contributed by atoms with Gasteiger partial charge in [0.1, 0.15) is 22.0 Å². The summed E-state index contributed by atoms with van der Waals surface area (Å²) >= 11 is 5.80. The van der Waals surface area contributed by atoms with E-state index >= 15 is 0 Å². The average Bonchev–Trinajstić information content (AvgIpc) is 3.44. The Hall–Kier alpha value is -3.28. The first-order valence-electron chi connectivity index (χ1n) is 11.0. The summed E-state index contributed by atoms with van der Waals surface area (Å²) in [5.41, 5.74) is 3.95. The topological polar surface area (TPSA) is 108 Å². The average molecular weight is 583 g/mol. The van der Waals surface area contributed by atoms with Crippen molar-refractivity contribution < 1.29 is 14.7 Å². The van der Waals surface area contributed by atoms with Crippen molar-refractivity contribution in [1.29, 1.82) is 0 Å². The summed E-state index contributed by atoms with van der Waals surface area (Å²) in [4.78, 5) is 32.3. The van der Waals surface area contributed by atoms with Crippen molar-refractivity contribution in [2.75, 3.05) is 0 Å². The molecular formula is C25H20BrN5O3S2. The number of nitrogens with zero attached hydrogens (tertiary/aromatic N) is 4. The van der Waals surface area contributed by atoms with Crippen molar-refractivity contribution in [3.63, 3.8) is 0 Å². The van der Waals surface area contributed by atoms with E-state index < -0.39 is 5.25 Å². The Balaban J connectivity index is 1.34. The molecule has 2 heterocycles. The first-order valence-corrected chi connectivity index (χ1v) is 13.4. The molecule has 1 aromatic heterocycles. The van der Waals surface area contributed by atoms with Crippen LogP contribution in [0.25, 0.3) is 11.0 Å². The van der Waals surface area contributed by atoms with E-state index in [1.54, 1.807) is 23.1 Å². The van der Waals surface area contributed by atoms with Gasteiger partial charge in [0.15, 0.2) is 5.17 Å². The molecule has 4 aromatic rings. The van der Waals surface area contributed by atoms with Gasteiger partial charge in [-0.05, 0) is 47.5 Å². The maximum absolute atomic E-state index is 13.4. The fourth-order valence-corrected chi connectivity index (χ4v) is 5.63. The Morgan fingerprint density at radius 2 is 1.83 bits per heavy atom. The molecular weight excluding hydrogens is 562 g/mol. The second-order valence-corrected chi connectivity index (χ2v) is 10.8. The van der Waals surface area contributed by atoms with Gasteiger partial charge in [-0.15, -0.1) is 0 Å². The molecule has 1 aliphatic heterocycles. The molecule has 3 aromatic carbocycles. The summed E-state index contributed by atoms with van der Waals surface area (Å²) in [6, 6.07) is 19.9. The lowest BCUT2D eigenvalue weighted by molar-refractivity contribution is -0.129. The molecule has 0 radical (unpaired) electrons. The third-order valence-corrected chi connectivity index (χ3v) is 7.77. The molecule has 8 nitrogen and oxygen atoms in total. The lowest BCUT2D eigenvalue weighted by atomic mass is 10.1. The Labute approximate surface area is 223 Å². The molecule has 11 heteroatoms. The van der Waals surface area contributed by atoms with Crippen LogP contribution in [0.5, 0.6) is 5.75 Å². The minimum Gasteiger partial charge on any atom is -0.508 e. The van der Waals surface area contributed by atoms with E-state index in [1.807, 2.05) is 42.5 Å². The van der Waals surface area contributed by atoms with Crippen LogP contribution < -0.4 is 5.32 Å². The van der Waals surface area contributed by atoms with Gasteiger partial charge in [0.05, 0.1) is 24.0 Å². The van der Waals surface area contributed by atoms with Crippen LogP contribution in [0.4, 0.5) is 5.69 Å². The molecule has 1 atom stereocenters. The lowest BCUT2D eigenvalue weighted by Gasteiger charge is -2.16. The summed E-state index contributed by atoms with van der Waals surface area (Å²) < 4.78 is 9.47. The fourth-order valence-electron chi connectivity index (χ4n) is 3.70. The SMILES string of the molecule is O=C(CC1SC(=Nc2cccc(O)c2)N(Cc2ccc3nsnc3c2)C1=O)NCc1ccc(Br)cc1. The number of nitrogens with one attached hydrogen (secondary N) is 1. The first-order chi connectivity index (χ1) is 17.4. The van der Waals surface area contributed by atoms with Gasteiger partial charge in [0.25, 0.3) is 0 Å². The van der Waals surface area contributed by atoms with Gasteiger partial charge >= 0.3 is 0 Å². The Kier molecular flexibility index (Phi) is 7.30. The maximum atomic E-state index is 13.4. The summed E-state index contributed by atoms with van der Waals surface area (Å²) in [6.07, 6.45) is 0.0324. The normalized spacial score (nSPS) is 16.7. The molecule has 5 rings (SSSR count). The highest BCUT2D eigenvalue weighted by Crippen LogP contribution is 2.33. The second kappa shape index (κ2) is 10.8. The molecule has 36 heavy (non-hydrogen) atoms. The number of fused-ring (bicyclic) bond motifs is 1. The highest BCUT2D eigenvalue weighted by atomic mass is 79.9. The third-order valence-electron chi connectivity index (χ3n) is 5.51. The molecule has 1 unspecified atom stereocenters. The largest absolute Gasteiger partial charge is 0.508 e. The number of phenolic OH excluding ortho intramolecular Hbond substituents is 1. The number of halogens is 1. The molecule has 0 aliphatic carbocycles. The second-order valence-electron chi connectivity index (χ2n) is 8.14. The molecule has 2 amide bonds. The monoisotopic (exact) mass is 581 g/mol. The Bertz CT molecular complexity index is 1460. The van der Waals surface area contributed by atoms with Crippen molar-refractivity contribution in [3.05, 3.63) is 82.3 Å². The summed E-state index contributed by atoms with van der Waals surface area (Å²) in [7, 11) is 0. The van der Waals surface area contributed by atoms with Crippen LogP contribution in [-0.2, 0) is 22.7 Å². The van der Waals surface area contributed by atoms with E-state index in [9.17, 15) is 14.7 Å². The van der Waals surface area contributed by atoms with Crippen molar-refractivity contribution in [3.8, 4) is 5.75 Å². The number of aliphatic imine (C=N–C) groups is 1. The molecule has 0 bridgehead atoms. The van der Waals surface area contributed by atoms with E-state index in [4.69, 9.17) is 0 Å². The summed E-state index contributed by atoms with van der Waals surface area (Å²) in [6.45, 7) is 0.668. The number of carbonyl (C=O) groups excluding carboxylic acids is 2. The molecule has 0 saturated carbocycles. The number of amidine groups is 1. The smallest absolute Gasteiger partial charge is 0.242 e. The van der Waals surface area contributed by atoms with Crippen molar-refractivity contribution >= 4 is 73.1 Å². The Morgan fingerprint density at radius 3 is 2.64 bits per heavy atom. The van der Waals surface area contributed by atoms with Crippen LogP contribution >= 0.6 is 39.4 Å². The molecule has 2 N–H and O–H groups in total. The zero-order valence-corrected chi connectivity index (χ0v) is 22.0. The van der Waals surface area contributed by atoms with Gasteiger partial charge in [-0.1, -0.05) is 52.0 Å². The van der Waals surface area contributed by atoms with E-state index in [0.717, 1.165) is 38.4 Å². The van der Waals surface area contributed by atoms with Gasteiger partial charge in [0, 0.05) is 23.5 Å². The number of hydrogen-bond donors (Lipinski definition) is 2. The van der Waals surface area contributed by atoms with Crippen LogP contribution in [-0.4, -0.2) is 41.0 Å². The van der Waals surface area contributed by atoms with E-state index in [1.165, 1.54) is 17.8 Å². The zero-order chi connectivity index (χ0) is 25.1. The van der Waals surface area contributed by atoms with Crippen molar-refractivity contribution in [2.45, 2.75) is 24.8 Å². The minimum atomic E-state index is -0.601. The van der Waals surface area contributed by atoms with Crippen LogP contribution in [0.1, 0.15) is 17.5 Å². The number of benzene rings is 3. The lowest BCUT2D eigenvalue weighted by Crippen LogP contribution is -2.34. The predicted octanol–water partition coefficient (Wildman–Crippen LogP) is 5.00. The van der Waals surface area contributed by atoms with Crippen LogP contribution in [0.2, 0.25) is 0 Å². The molecule has 182 valence electrons. The first kappa shape index (κ1) is 24.4. The zero-order valence-electron chi connectivity index (χ0n) is 18.8. The highest BCUT2D eigenvalue weighted by molar-refractivity contribution is 9.10. The quantitative estimate of drug-likeness (QED) is 0.318. The number of rotatable bonds is 7. The fraction of sp³-hybridized carbons (Fsp3) is 0.160. The summed E-state index contributed by atoms with van der Waals surface area (Å²) in [5.74, 6) is -0.311. The number of carbonyl (C=O) groups is 2. The molecule has 1 fully saturated rings. The van der Waals surface area contributed by atoms with Gasteiger partial charge in [-0.2, -0.15) is 8.75 Å². The number of aromatic nitrogens is 2. The predicted molar refractivity (Wildman–Crippen MR) is 145 cm³/mol. The third kappa shape index (κ3) is 5.75. The van der Waals surface area contributed by atoms with Crippen LogP contribution in [0.15, 0.2) is 76.2 Å². The van der Waals surface area contributed by atoms with E-state index in [0.29, 0.717) is 17.4 Å². The van der Waals surface area contributed by atoms with Crippen LogP contribution in [0.3, 0.4) is 0 Å². The highest BCUT2D eigenvalue weighted by Gasteiger charge is 2.39. The van der Waals surface area contributed by atoms with Gasteiger partial charge < -0.3 is 10.4 Å². The number of aromatic hydroxyl groups is 1. The number of thioether (sulfide) groups is 1. The van der Waals surface area contributed by atoms with Crippen LogP contribution in [0, 0.1) is 0 Å². The molecule has 1 saturated heterocycles. The van der Waals surface area contributed by atoms with Gasteiger partial charge in [-0.25, -0.2) is 4.99 Å². The Morgan fingerprint density at radius 1 is 1.06 bits per heavy atom. The maximum Gasteiger partial charge on any atom is 0.242 e. The van der Waals surface area contributed by atoms with Gasteiger partial charge in [0.2, 0.25) is 11.8 Å². The van der Waals surface area contributed by atoms with E-state index in [-0.39, 0.29) is 30.5 Å². The summed E-state index contributed by atoms with van der Waals surface area (Å²) in [5, 5.41) is 12.6. The number of amides is 2. The van der Waals surface area contributed by atoms with Gasteiger partial charge in [-0.3, -0.25) is 14.5 Å².